The summed E-state index contributed by atoms with van der Waals surface area (Å²) in [4.78, 5) is 8.22. The molecule has 2 aromatic rings. The van der Waals surface area contributed by atoms with Crippen molar-refractivity contribution < 1.29 is 9.47 Å². The van der Waals surface area contributed by atoms with Gasteiger partial charge in [-0.3, -0.25) is 0 Å². The molecule has 2 rings (SSSR count). The summed E-state index contributed by atoms with van der Waals surface area (Å²) in [6.07, 6.45) is 1.66. The molecule has 4 heteroatoms. The van der Waals surface area contributed by atoms with E-state index < -0.39 is 0 Å². The fourth-order valence-electron chi connectivity index (χ4n) is 1.45. The Hall–Kier alpha value is -2.10. The van der Waals surface area contributed by atoms with Crippen LogP contribution in [0.1, 0.15) is 0 Å². The first-order valence-corrected chi connectivity index (χ1v) is 4.85. The van der Waals surface area contributed by atoms with Crippen LogP contribution in [0.25, 0.3) is 11.3 Å². The van der Waals surface area contributed by atoms with Gasteiger partial charge in [0.1, 0.15) is 5.75 Å². The lowest BCUT2D eigenvalue weighted by Gasteiger charge is -2.07. The van der Waals surface area contributed by atoms with E-state index in [1.807, 2.05) is 30.3 Å². The van der Waals surface area contributed by atoms with E-state index in [1.165, 1.54) is 0 Å². The monoisotopic (exact) mass is 216 g/mol. The molecule has 1 aromatic heterocycles. The lowest BCUT2D eigenvalue weighted by atomic mass is 10.1. The highest BCUT2D eigenvalue weighted by molar-refractivity contribution is 5.66. The molecule has 1 heterocycles. The number of methoxy groups -OCH3 is 2. The van der Waals surface area contributed by atoms with Crippen LogP contribution in [0.3, 0.4) is 0 Å². The van der Waals surface area contributed by atoms with Gasteiger partial charge in [0.05, 0.1) is 19.9 Å². The minimum Gasteiger partial charge on any atom is -0.496 e. The van der Waals surface area contributed by atoms with Crippen molar-refractivity contribution >= 4 is 0 Å². The van der Waals surface area contributed by atoms with Crippen molar-refractivity contribution in [2.75, 3.05) is 14.2 Å². The first-order chi connectivity index (χ1) is 7.85. The third-order valence-corrected chi connectivity index (χ3v) is 2.20. The third kappa shape index (κ3) is 1.95. The second kappa shape index (κ2) is 4.61. The number of aromatic nitrogens is 2. The van der Waals surface area contributed by atoms with Gasteiger partial charge < -0.3 is 9.47 Å². The molecule has 0 bridgehead atoms. The van der Waals surface area contributed by atoms with Crippen LogP contribution in [0.5, 0.6) is 11.8 Å². The molecule has 0 aliphatic carbocycles. The van der Waals surface area contributed by atoms with E-state index >= 15 is 0 Å². The molecule has 16 heavy (non-hydrogen) atoms. The van der Waals surface area contributed by atoms with Crippen LogP contribution in [-0.2, 0) is 0 Å². The lowest BCUT2D eigenvalue weighted by Crippen LogP contribution is -1.94. The van der Waals surface area contributed by atoms with Crippen LogP contribution in [0.2, 0.25) is 0 Å². The summed E-state index contributed by atoms with van der Waals surface area (Å²) in [5, 5.41) is 0. The van der Waals surface area contributed by atoms with Crippen molar-refractivity contribution in [3.8, 4) is 23.0 Å². The van der Waals surface area contributed by atoms with E-state index in [0.29, 0.717) is 6.01 Å². The van der Waals surface area contributed by atoms with E-state index in [4.69, 9.17) is 9.47 Å². The van der Waals surface area contributed by atoms with E-state index in [0.717, 1.165) is 17.0 Å². The second-order valence-corrected chi connectivity index (χ2v) is 3.13. The van der Waals surface area contributed by atoms with E-state index in [1.54, 1.807) is 20.4 Å². The van der Waals surface area contributed by atoms with E-state index in [2.05, 4.69) is 9.97 Å². The molecule has 0 radical (unpaired) electrons. The summed E-state index contributed by atoms with van der Waals surface area (Å²) in [5.74, 6) is 0.781. The summed E-state index contributed by atoms with van der Waals surface area (Å²) in [7, 11) is 3.18. The first kappa shape index (κ1) is 10.4. The minimum atomic E-state index is 0.350. The molecule has 0 aliphatic rings. The summed E-state index contributed by atoms with van der Waals surface area (Å²) >= 11 is 0. The van der Waals surface area contributed by atoms with Crippen molar-refractivity contribution in [1.82, 2.24) is 9.97 Å². The normalized spacial score (nSPS) is 9.88. The molecule has 1 aromatic carbocycles. The Bertz CT molecular complexity index is 486. The Labute approximate surface area is 93.9 Å². The standard InChI is InChI=1S/C12H12N2O2/c1-15-11-6-4-3-5-9(11)10-7-8-13-12(14-10)16-2/h3-8H,1-2H3. The molecular weight excluding hydrogens is 204 g/mol. The Morgan fingerprint density at radius 3 is 2.56 bits per heavy atom. The topological polar surface area (TPSA) is 44.2 Å². The maximum Gasteiger partial charge on any atom is 0.316 e. The summed E-state index contributed by atoms with van der Waals surface area (Å²) in [5.41, 5.74) is 1.70. The highest BCUT2D eigenvalue weighted by Gasteiger charge is 2.07. The third-order valence-electron chi connectivity index (χ3n) is 2.20. The number of ether oxygens (including phenoxy) is 2. The van der Waals surface area contributed by atoms with Gasteiger partial charge in [0, 0.05) is 11.8 Å². The SMILES string of the molecule is COc1nccc(-c2ccccc2OC)n1. The highest BCUT2D eigenvalue weighted by atomic mass is 16.5. The van der Waals surface area contributed by atoms with Crippen LogP contribution in [-0.4, -0.2) is 24.2 Å². The zero-order valence-corrected chi connectivity index (χ0v) is 9.18. The minimum absolute atomic E-state index is 0.350. The summed E-state index contributed by atoms with van der Waals surface area (Å²) < 4.78 is 10.3. The van der Waals surface area contributed by atoms with Crippen molar-refractivity contribution in [2.45, 2.75) is 0 Å². The molecule has 0 unspecified atom stereocenters. The van der Waals surface area contributed by atoms with Gasteiger partial charge in [0.15, 0.2) is 0 Å². The molecular formula is C12H12N2O2. The highest BCUT2D eigenvalue weighted by Crippen LogP contribution is 2.28. The maximum absolute atomic E-state index is 5.27. The predicted octanol–water partition coefficient (Wildman–Crippen LogP) is 2.16. The first-order valence-electron chi connectivity index (χ1n) is 4.85. The zero-order valence-electron chi connectivity index (χ0n) is 9.18. The molecule has 0 amide bonds. The van der Waals surface area contributed by atoms with Gasteiger partial charge in [-0.05, 0) is 18.2 Å². The van der Waals surface area contributed by atoms with Gasteiger partial charge in [-0.2, -0.15) is 4.98 Å². The smallest absolute Gasteiger partial charge is 0.316 e. The number of nitrogens with zero attached hydrogens (tertiary/aromatic N) is 2. The molecule has 0 aliphatic heterocycles. The molecule has 82 valence electrons. The Morgan fingerprint density at radius 1 is 1.00 bits per heavy atom. The largest absolute Gasteiger partial charge is 0.496 e. The molecule has 0 saturated carbocycles. The number of benzene rings is 1. The average molecular weight is 216 g/mol. The number of hydrogen-bond donors (Lipinski definition) is 0. The van der Waals surface area contributed by atoms with Crippen LogP contribution >= 0.6 is 0 Å². The second-order valence-electron chi connectivity index (χ2n) is 3.13. The lowest BCUT2D eigenvalue weighted by molar-refractivity contribution is 0.380. The van der Waals surface area contributed by atoms with Crippen molar-refractivity contribution in [3.63, 3.8) is 0 Å². The van der Waals surface area contributed by atoms with Gasteiger partial charge in [-0.15, -0.1) is 0 Å². The maximum atomic E-state index is 5.27. The summed E-state index contributed by atoms with van der Waals surface area (Å²) in [6.45, 7) is 0. The van der Waals surface area contributed by atoms with E-state index in [-0.39, 0.29) is 0 Å². The molecule has 4 nitrogen and oxygen atoms in total. The number of rotatable bonds is 3. The fourth-order valence-corrected chi connectivity index (χ4v) is 1.45. The predicted molar refractivity (Wildman–Crippen MR) is 60.6 cm³/mol. The van der Waals surface area contributed by atoms with Crippen LogP contribution in [0.4, 0.5) is 0 Å². The van der Waals surface area contributed by atoms with Gasteiger partial charge in [-0.1, -0.05) is 12.1 Å². The fraction of sp³-hybridized carbons (Fsp3) is 0.167. The van der Waals surface area contributed by atoms with Gasteiger partial charge in [-0.25, -0.2) is 4.98 Å². The van der Waals surface area contributed by atoms with Crippen molar-refractivity contribution in [1.29, 1.82) is 0 Å². The van der Waals surface area contributed by atoms with Crippen LogP contribution in [0, 0.1) is 0 Å². The van der Waals surface area contributed by atoms with Gasteiger partial charge in [0.25, 0.3) is 0 Å². The van der Waals surface area contributed by atoms with Gasteiger partial charge in [0.2, 0.25) is 0 Å². The quantitative estimate of drug-likeness (QED) is 0.788. The molecule has 0 saturated heterocycles. The Balaban J connectivity index is 2.49. The summed E-state index contributed by atoms with van der Waals surface area (Å²) in [6, 6.07) is 9.86. The molecule has 0 fully saturated rings. The van der Waals surface area contributed by atoms with Crippen LogP contribution in [0.15, 0.2) is 36.5 Å². The Kier molecular flexibility index (Phi) is 3.00. The molecule has 0 atom stereocenters. The van der Waals surface area contributed by atoms with Crippen molar-refractivity contribution in [3.05, 3.63) is 36.5 Å². The average Bonchev–Trinajstić information content (AvgIpc) is 2.38. The van der Waals surface area contributed by atoms with Crippen LogP contribution < -0.4 is 9.47 Å². The van der Waals surface area contributed by atoms with Gasteiger partial charge >= 0.3 is 6.01 Å². The molecule has 0 spiro atoms. The van der Waals surface area contributed by atoms with Crippen molar-refractivity contribution in [2.24, 2.45) is 0 Å². The number of hydrogen-bond acceptors (Lipinski definition) is 4. The zero-order chi connectivity index (χ0) is 11.4. The number of para-hydroxylation sites is 1. The van der Waals surface area contributed by atoms with E-state index in [9.17, 15) is 0 Å². The molecule has 0 N–H and O–H groups in total. The Morgan fingerprint density at radius 2 is 1.81 bits per heavy atom.